The third kappa shape index (κ3) is 16.5. The molecular formula is C94H111F8N11O7. The van der Waals surface area contributed by atoms with E-state index in [1.54, 1.807) is 79.4 Å². The van der Waals surface area contributed by atoms with Crippen LogP contribution in [-0.2, 0) is 49.8 Å². The lowest BCUT2D eigenvalue weighted by molar-refractivity contribution is -0.138. The molecule has 120 heavy (non-hydrogen) atoms. The Balaban J connectivity index is 0.000000109. The molecule has 10 atom stereocenters. The van der Waals surface area contributed by atoms with Crippen molar-refractivity contribution in [3.63, 3.8) is 0 Å². The van der Waals surface area contributed by atoms with E-state index in [1.165, 1.54) is 92.7 Å². The maximum Gasteiger partial charge on any atom is 0.417 e. The van der Waals surface area contributed by atoms with E-state index in [0.29, 0.717) is 66.0 Å². The number of ether oxygens (including phenoxy) is 5. The van der Waals surface area contributed by atoms with Crippen LogP contribution in [-0.4, -0.2) is 151 Å². The average Bonchev–Trinajstić information content (AvgIpc) is 1.58. The van der Waals surface area contributed by atoms with Gasteiger partial charge in [-0.25, -0.2) is 13.6 Å². The molecule has 2 unspecified atom stereocenters. The van der Waals surface area contributed by atoms with Gasteiger partial charge in [-0.1, -0.05) is 66.5 Å². The molecule has 11 aliphatic heterocycles. The highest BCUT2D eigenvalue weighted by Gasteiger charge is 2.48. The van der Waals surface area contributed by atoms with Crippen LogP contribution >= 0.6 is 0 Å². The van der Waals surface area contributed by atoms with E-state index in [4.69, 9.17) is 28.2 Å². The normalized spacial score (nSPS) is 24.2. The number of nitrogens with zero attached hydrogens (tertiary/aromatic N) is 6. The quantitative estimate of drug-likeness (QED) is 0.0820. The number of para-hydroxylation sites is 2. The van der Waals surface area contributed by atoms with Crippen molar-refractivity contribution in [1.82, 2.24) is 36.6 Å². The Kier molecular flexibility index (Phi) is 24.1. The van der Waals surface area contributed by atoms with Gasteiger partial charge >= 0.3 is 18.4 Å². The van der Waals surface area contributed by atoms with Crippen molar-refractivity contribution in [2.45, 2.75) is 217 Å². The predicted octanol–water partition coefficient (Wildman–Crippen LogP) is 17.8. The first-order valence-corrected chi connectivity index (χ1v) is 43.4. The average molecular weight is 1660 g/mol. The fourth-order valence-corrected chi connectivity index (χ4v) is 21.7. The first-order chi connectivity index (χ1) is 58.0. The molecule has 5 N–H and O–H groups in total. The van der Waals surface area contributed by atoms with Crippen molar-refractivity contribution >= 4 is 28.8 Å². The Hall–Kier alpha value is -9.34. The number of benzene rings is 7. The second-order valence-electron chi connectivity index (χ2n) is 34.7. The summed E-state index contributed by atoms with van der Waals surface area (Å²) in [5, 5.41) is 21.0. The molecule has 0 radical (unpaired) electrons. The number of carbonyl (C=O) groups is 1. The molecule has 13 aliphatic rings. The van der Waals surface area contributed by atoms with Gasteiger partial charge in [0.25, 0.3) is 0 Å². The molecule has 8 aromatic rings. The van der Waals surface area contributed by atoms with E-state index in [-0.39, 0.29) is 64.7 Å². The predicted molar refractivity (Wildman–Crippen MR) is 449 cm³/mol. The highest BCUT2D eigenvalue weighted by Crippen LogP contribution is 2.56. The summed E-state index contributed by atoms with van der Waals surface area (Å²) in [7, 11) is 1.39. The second kappa shape index (κ2) is 34.9. The molecule has 18 nitrogen and oxygen atoms in total. The van der Waals surface area contributed by atoms with Crippen molar-refractivity contribution in [1.29, 1.82) is 0 Å². The minimum Gasteiger partial charge on any atom is -0.497 e. The van der Waals surface area contributed by atoms with Gasteiger partial charge in [-0.15, -0.1) is 0 Å². The van der Waals surface area contributed by atoms with Crippen LogP contribution in [0.1, 0.15) is 188 Å². The molecule has 1 amide bonds. The first kappa shape index (κ1) is 82.9. The lowest BCUT2D eigenvalue weighted by atomic mass is 9.86. The molecule has 26 heteroatoms. The summed E-state index contributed by atoms with van der Waals surface area (Å²) in [5.74, 6) is 2.39. The Morgan fingerprint density at radius 1 is 0.525 bits per heavy atom. The van der Waals surface area contributed by atoms with Crippen LogP contribution in [0.15, 0.2) is 114 Å². The van der Waals surface area contributed by atoms with Gasteiger partial charge in [0.1, 0.15) is 53.6 Å². The molecule has 0 bridgehead atoms. The Labute approximate surface area is 697 Å². The maximum absolute atomic E-state index is 14.4. The fraction of sp³-hybridized carbons (Fsp3) is 0.511. The van der Waals surface area contributed by atoms with Crippen molar-refractivity contribution in [3.05, 3.63) is 193 Å². The van der Waals surface area contributed by atoms with E-state index in [0.717, 1.165) is 163 Å². The molecule has 3 saturated heterocycles. The van der Waals surface area contributed by atoms with Crippen LogP contribution in [0, 0.1) is 25.5 Å². The summed E-state index contributed by atoms with van der Waals surface area (Å²) in [5.41, 5.74) is 16.7. The second-order valence-corrected chi connectivity index (χ2v) is 34.7. The third-order valence-electron chi connectivity index (χ3n) is 27.0. The zero-order valence-corrected chi connectivity index (χ0v) is 69.6. The summed E-state index contributed by atoms with van der Waals surface area (Å²) in [4.78, 5) is 24.3. The lowest BCUT2D eigenvalue weighted by Gasteiger charge is -2.38. The first-order valence-electron chi connectivity index (χ1n) is 43.4. The number of hydrogen-bond acceptors (Lipinski definition) is 17. The number of rotatable bonds is 10. The van der Waals surface area contributed by atoms with Crippen LogP contribution in [0.3, 0.4) is 0 Å². The number of anilines is 4. The Bertz CT molecular complexity index is 4930. The van der Waals surface area contributed by atoms with Gasteiger partial charge in [-0.2, -0.15) is 26.3 Å². The Morgan fingerprint density at radius 2 is 1.06 bits per heavy atom. The third-order valence-corrected chi connectivity index (χ3v) is 27.0. The van der Waals surface area contributed by atoms with E-state index in [1.807, 2.05) is 32.0 Å². The van der Waals surface area contributed by atoms with Crippen LogP contribution < -0.4 is 65.1 Å². The summed E-state index contributed by atoms with van der Waals surface area (Å²) in [6.07, 6.45) is 3.77. The number of methoxy groups -OCH3 is 1. The van der Waals surface area contributed by atoms with Crippen LogP contribution in [0.5, 0.6) is 23.0 Å². The molecule has 0 spiro atoms. The molecule has 21 rings (SSSR count). The number of carbonyl (C=O) groups excluding carboxylic acids is 1. The van der Waals surface area contributed by atoms with Crippen LogP contribution in [0.25, 0.3) is 22.3 Å². The lowest BCUT2D eigenvalue weighted by Crippen LogP contribution is -2.57. The number of nitrogens with one attached hydrogen (secondary N) is 5. The number of alkyl halides is 6. The van der Waals surface area contributed by atoms with Gasteiger partial charge in [0, 0.05) is 168 Å². The monoisotopic (exact) mass is 1660 g/mol. The number of piperazine rings is 1. The number of halogens is 8. The highest BCUT2D eigenvalue weighted by molar-refractivity contribution is 5.82. The number of amides is 1. The van der Waals surface area contributed by atoms with E-state index in [2.05, 4.69) is 87.7 Å². The van der Waals surface area contributed by atoms with Crippen LogP contribution in [0.2, 0.25) is 0 Å². The van der Waals surface area contributed by atoms with Gasteiger partial charge in [0.2, 0.25) is 0 Å². The molecule has 2 aliphatic carbocycles. The smallest absolute Gasteiger partial charge is 0.417 e. The zero-order valence-electron chi connectivity index (χ0n) is 69.6. The van der Waals surface area contributed by atoms with Gasteiger partial charge in [0.05, 0.1) is 53.5 Å². The summed E-state index contributed by atoms with van der Waals surface area (Å²) in [6, 6.07) is 34.6. The zero-order chi connectivity index (χ0) is 83.4. The van der Waals surface area contributed by atoms with Gasteiger partial charge < -0.3 is 79.3 Å². The number of hydrogen-bond donors (Lipinski definition) is 5. The Morgan fingerprint density at radius 3 is 1.62 bits per heavy atom. The molecule has 7 aromatic carbocycles. The molecule has 12 heterocycles. The van der Waals surface area contributed by atoms with E-state index < -0.39 is 47.8 Å². The van der Waals surface area contributed by atoms with Gasteiger partial charge in [-0.05, 0) is 222 Å². The summed E-state index contributed by atoms with van der Waals surface area (Å²) in [6.45, 7) is 24.8. The van der Waals surface area contributed by atoms with Crippen LogP contribution in [0.4, 0.5) is 62.7 Å². The number of piperidine rings is 2. The largest absolute Gasteiger partial charge is 0.497 e. The maximum atomic E-state index is 14.4. The number of aromatic nitrogens is 1. The standard InChI is InChI=1S/C24H27F3N2O2.C22H23F3N2O.C20H25F2N3O4.2C14H18N2/c1-14(2)31-16-4-5-17(20(12-16)24(25,26)27)15-10-18-19-13-28-7-6-21(19)29-8-3-9-30-22(11-15)23(18)29;1-28-15-4-5-16(19(11-15)22(23,24)25)14-9-13-3-2-8-27-20-6-7-26-12-18(20)17(10-14)21(13)27;1-11-7-23-8-12(2)25(11)20(26)28-10-17-18(21)5-15(6-19(17)22)27-9-16-13(3)24-29-14(16)4;2*1-3-10-9-15-7-8-16-13-6-2-4-11(13)12(5-1)14(10)16/h4-5,10-12,14,19,21,28H,3,6-9,13H2,1-2H3;4-5,9-11,18,20,26H,2-3,6-8,12H2,1H3;5-6,11-12,23H,7-10H2,1-4H3;2*1,3,5,11,13,15H,2,4,6-9H2/t19-,21-;18-,20-;11-,12+;11-,13-;/m00.1./s1. The summed E-state index contributed by atoms with van der Waals surface area (Å²) < 4.78 is 144. The number of fused-ring (bicyclic) bond motifs is 12. The molecule has 2 saturated carbocycles. The molecular weight excluding hydrogens is 1550 g/mol. The molecule has 1 aromatic heterocycles. The SMILES string of the molecule is CC(C)Oc1ccc(-c2cc3c4c(c2)[C@@H]2CNCC[C@@H]2N4CCCO3)c(C(F)(F)F)c1.COc1ccc(-c2cc3c4c(c2)[C@@H]2CNCC[C@@H]2N4CCC3)c(C(F)(F)F)c1.Cc1noc(C)c1COc1cc(F)c(COC(=O)N2[C@H](C)CNC[C@@H]2C)c(F)c1.c1cc2c3c(c1)C1CCCC1N3CCNC2.c1cc2c3c(c1)[C@H]1CCC[C@H]1N3CCNC2. The van der Waals surface area contributed by atoms with Crippen molar-refractivity contribution < 1.29 is 68.1 Å². The van der Waals surface area contributed by atoms with E-state index >= 15 is 0 Å². The minimum atomic E-state index is -4.49. The van der Waals surface area contributed by atoms with Crippen molar-refractivity contribution in [3.8, 4) is 45.3 Å². The van der Waals surface area contributed by atoms with Gasteiger partial charge in [-0.3, -0.25) is 0 Å². The minimum absolute atomic E-state index is 0.0272. The van der Waals surface area contributed by atoms with Gasteiger partial charge in [0.15, 0.2) is 0 Å². The topological polar surface area (TPSA) is 166 Å². The highest BCUT2D eigenvalue weighted by atomic mass is 19.4. The summed E-state index contributed by atoms with van der Waals surface area (Å²) >= 11 is 0. The fourth-order valence-electron chi connectivity index (χ4n) is 21.7. The van der Waals surface area contributed by atoms with Crippen molar-refractivity contribution in [2.75, 3.05) is 112 Å². The molecule has 640 valence electrons. The molecule has 5 fully saturated rings. The van der Waals surface area contributed by atoms with E-state index in [9.17, 15) is 39.9 Å². The van der Waals surface area contributed by atoms with Crippen molar-refractivity contribution in [2.24, 2.45) is 0 Å². The number of aryl methyl sites for hydroxylation is 3.